The fraction of sp³-hybridized carbons (Fsp3) is 0.429. The molecule has 3 rings (SSSR count). The molecular weight excluding hydrogens is 360 g/mol. The molecule has 2 heterocycles. The number of hydrogen-bond donors (Lipinski definition) is 1. The molecule has 1 aromatic carbocycles. The summed E-state index contributed by atoms with van der Waals surface area (Å²) in [5, 5.41) is 3.00. The molecule has 1 fully saturated rings. The van der Waals surface area contributed by atoms with Crippen LogP contribution in [0.2, 0.25) is 0 Å². The zero-order valence-electron chi connectivity index (χ0n) is 16.5. The fourth-order valence-corrected chi connectivity index (χ4v) is 3.34. The van der Waals surface area contributed by atoms with E-state index >= 15 is 0 Å². The Morgan fingerprint density at radius 3 is 2.57 bits per heavy atom. The Hall–Kier alpha value is -2.96. The van der Waals surface area contributed by atoms with Crippen LogP contribution < -0.4 is 14.8 Å². The minimum atomic E-state index is -0.205. The van der Waals surface area contributed by atoms with Gasteiger partial charge in [0.25, 0.3) is 11.8 Å². The van der Waals surface area contributed by atoms with Gasteiger partial charge in [-0.05, 0) is 51.0 Å². The highest BCUT2D eigenvalue weighted by molar-refractivity contribution is 5.95. The van der Waals surface area contributed by atoms with Crippen molar-refractivity contribution >= 4 is 11.8 Å². The number of nitrogens with one attached hydrogen (secondary N) is 1. The number of methoxy groups -OCH3 is 1. The first-order valence-corrected chi connectivity index (χ1v) is 9.48. The van der Waals surface area contributed by atoms with Gasteiger partial charge in [0.2, 0.25) is 0 Å². The Morgan fingerprint density at radius 2 is 1.96 bits per heavy atom. The van der Waals surface area contributed by atoms with E-state index < -0.39 is 0 Å². The van der Waals surface area contributed by atoms with Gasteiger partial charge in [0.1, 0.15) is 0 Å². The summed E-state index contributed by atoms with van der Waals surface area (Å²) in [6.07, 6.45) is 2.91. The Kier molecular flexibility index (Phi) is 6.23. The highest BCUT2D eigenvalue weighted by Crippen LogP contribution is 2.29. The van der Waals surface area contributed by atoms with E-state index in [2.05, 4.69) is 5.32 Å². The maximum Gasteiger partial charge on any atom is 0.287 e. The third-order valence-electron chi connectivity index (χ3n) is 4.90. The van der Waals surface area contributed by atoms with E-state index in [0.29, 0.717) is 55.4 Å². The largest absolute Gasteiger partial charge is 0.493 e. The first kappa shape index (κ1) is 19.8. The number of hydrogen-bond acceptors (Lipinski definition) is 5. The van der Waals surface area contributed by atoms with E-state index in [-0.39, 0.29) is 17.9 Å². The van der Waals surface area contributed by atoms with E-state index in [4.69, 9.17) is 13.9 Å². The quantitative estimate of drug-likeness (QED) is 0.825. The number of benzene rings is 1. The van der Waals surface area contributed by atoms with Crippen LogP contribution in [-0.2, 0) is 0 Å². The van der Waals surface area contributed by atoms with Gasteiger partial charge in [0.05, 0.1) is 20.0 Å². The zero-order chi connectivity index (χ0) is 20.1. The Morgan fingerprint density at radius 1 is 1.21 bits per heavy atom. The second kappa shape index (κ2) is 8.82. The van der Waals surface area contributed by atoms with Crippen molar-refractivity contribution in [1.29, 1.82) is 0 Å². The van der Waals surface area contributed by atoms with Crippen molar-refractivity contribution in [3.05, 3.63) is 47.4 Å². The van der Waals surface area contributed by atoms with Crippen molar-refractivity contribution in [3.63, 3.8) is 0 Å². The van der Waals surface area contributed by atoms with E-state index in [1.54, 1.807) is 36.3 Å². The predicted molar refractivity (Wildman–Crippen MR) is 104 cm³/mol. The zero-order valence-corrected chi connectivity index (χ0v) is 16.5. The van der Waals surface area contributed by atoms with Crippen molar-refractivity contribution < 1.29 is 23.5 Å². The number of nitrogens with zero attached hydrogens (tertiary/aromatic N) is 1. The van der Waals surface area contributed by atoms with E-state index in [1.165, 1.54) is 6.26 Å². The number of piperidine rings is 1. The van der Waals surface area contributed by atoms with Gasteiger partial charge < -0.3 is 24.1 Å². The highest BCUT2D eigenvalue weighted by atomic mass is 16.5. The molecule has 2 aromatic rings. The van der Waals surface area contributed by atoms with Gasteiger partial charge in [-0.1, -0.05) is 0 Å². The van der Waals surface area contributed by atoms with Gasteiger partial charge in [0.15, 0.2) is 17.3 Å². The van der Waals surface area contributed by atoms with Crippen LogP contribution in [0.3, 0.4) is 0 Å². The predicted octanol–water partition coefficient (Wildman–Crippen LogP) is 3.03. The summed E-state index contributed by atoms with van der Waals surface area (Å²) in [6.45, 7) is 5.38. The molecule has 1 aromatic heterocycles. The summed E-state index contributed by atoms with van der Waals surface area (Å²) in [7, 11) is 1.57. The Balaban J connectivity index is 1.58. The van der Waals surface area contributed by atoms with Crippen LogP contribution in [0.25, 0.3) is 0 Å². The van der Waals surface area contributed by atoms with E-state index in [0.717, 1.165) is 5.56 Å². The third-order valence-corrected chi connectivity index (χ3v) is 4.90. The molecule has 1 saturated heterocycles. The maximum atomic E-state index is 12.8. The van der Waals surface area contributed by atoms with Crippen LogP contribution in [0.1, 0.15) is 46.2 Å². The molecule has 0 atom stereocenters. The molecule has 1 aliphatic rings. The van der Waals surface area contributed by atoms with Crippen LogP contribution >= 0.6 is 0 Å². The van der Waals surface area contributed by atoms with Gasteiger partial charge in [-0.25, -0.2) is 0 Å². The summed E-state index contributed by atoms with van der Waals surface area (Å²) in [5.74, 6) is 1.26. The first-order valence-electron chi connectivity index (χ1n) is 9.48. The average Bonchev–Trinajstić information content (AvgIpc) is 3.14. The number of carbonyl (C=O) groups excluding carboxylic acids is 2. The highest BCUT2D eigenvalue weighted by Gasteiger charge is 2.26. The minimum absolute atomic E-state index is 0.0240. The molecule has 0 aliphatic carbocycles. The van der Waals surface area contributed by atoms with Crippen molar-refractivity contribution in [3.8, 4) is 11.5 Å². The van der Waals surface area contributed by atoms with Gasteiger partial charge in [-0.15, -0.1) is 0 Å². The lowest BCUT2D eigenvalue weighted by atomic mass is 10.0. The molecule has 1 aliphatic heterocycles. The molecule has 7 heteroatoms. The third kappa shape index (κ3) is 4.30. The number of aryl methyl sites for hydroxylation is 1. The molecule has 1 N–H and O–H groups in total. The number of carbonyl (C=O) groups is 2. The molecule has 0 unspecified atom stereocenters. The number of amides is 2. The van der Waals surface area contributed by atoms with Crippen molar-refractivity contribution in [1.82, 2.24) is 10.2 Å². The summed E-state index contributed by atoms with van der Waals surface area (Å²) >= 11 is 0. The summed E-state index contributed by atoms with van der Waals surface area (Å²) in [5.41, 5.74) is 1.38. The average molecular weight is 386 g/mol. The molecule has 0 bridgehead atoms. The second-order valence-electron chi connectivity index (χ2n) is 6.77. The molecular formula is C21H26N2O5. The second-order valence-corrected chi connectivity index (χ2v) is 6.77. The number of furan rings is 1. The van der Waals surface area contributed by atoms with Crippen LogP contribution in [0.15, 0.2) is 34.9 Å². The molecule has 0 radical (unpaired) electrons. The Bertz CT molecular complexity index is 837. The lowest BCUT2D eigenvalue weighted by molar-refractivity contribution is 0.0695. The van der Waals surface area contributed by atoms with Crippen LogP contribution in [0.4, 0.5) is 0 Å². The number of ether oxygens (including phenoxy) is 2. The fourth-order valence-electron chi connectivity index (χ4n) is 3.34. The molecule has 2 amide bonds. The van der Waals surface area contributed by atoms with Crippen molar-refractivity contribution in [2.45, 2.75) is 32.7 Å². The lowest BCUT2D eigenvalue weighted by Crippen LogP contribution is -2.46. The summed E-state index contributed by atoms with van der Waals surface area (Å²) in [4.78, 5) is 26.9. The normalized spacial score (nSPS) is 14.6. The summed E-state index contributed by atoms with van der Waals surface area (Å²) in [6, 6.07) is 7.00. The van der Waals surface area contributed by atoms with Gasteiger partial charge >= 0.3 is 0 Å². The molecule has 0 saturated carbocycles. The van der Waals surface area contributed by atoms with Crippen LogP contribution in [0.5, 0.6) is 11.5 Å². The lowest BCUT2D eigenvalue weighted by Gasteiger charge is -2.32. The smallest absolute Gasteiger partial charge is 0.287 e. The minimum Gasteiger partial charge on any atom is -0.493 e. The first-order chi connectivity index (χ1) is 13.5. The van der Waals surface area contributed by atoms with E-state index in [9.17, 15) is 9.59 Å². The standard InChI is InChI=1S/C21H26N2O5/c1-4-27-18-13-15(5-6-17(18)26-3)21(25)23-10-7-16(8-11-23)22-20(24)19-14(2)9-12-28-19/h5-6,9,12-13,16H,4,7-8,10-11H2,1-3H3,(H,22,24). The number of rotatable bonds is 6. The molecule has 150 valence electrons. The monoisotopic (exact) mass is 386 g/mol. The number of likely N-dealkylation sites (tertiary alicyclic amines) is 1. The molecule has 7 nitrogen and oxygen atoms in total. The molecule has 0 spiro atoms. The van der Waals surface area contributed by atoms with Gasteiger partial charge in [0, 0.05) is 30.3 Å². The summed E-state index contributed by atoms with van der Waals surface area (Å²) < 4.78 is 16.1. The Labute approximate surface area is 164 Å². The maximum absolute atomic E-state index is 12.8. The topological polar surface area (TPSA) is 81.0 Å². The van der Waals surface area contributed by atoms with Gasteiger partial charge in [-0.3, -0.25) is 9.59 Å². The van der Waals surface area contributed by atoms with Crippen LogP contribution in [0, 0.1) is 6.92 Å². The molecule has 28 heavy (non-hydrogen) atoms. The van der Waals surface area contributed by atoms with Gasteiger partial charge in [-0.2, -0.15) is 0 Å². The van der Waals surface area contributed by atoms with Crippen molar-refractivity contribution in [2.75, 3.05) is 26.8 Å². The SMILES string of the molecule is CCOc1cc(C(=O)N2CCC(NC(=O)c3occc3C)CC2)ccc1OC. The van der Waals surface area contributed by atoms with Crippen molar-refractivity contribution in [2.24, 2.45) is 0 Å². The van der Waals surface area contributed by atoms with E-state index in [1.807, 2.05) is 13.8 Å². The van der Waals surface area contributed by atoms with Crippen LogP contribution in [-0.4, -0.2) is 49.6 Å².